The summed E-state index contributed by atoms with van der Waals surface area (Å²) in [6, 6.07) is 8.10. The predicted molar refractivity (Wildman–Crippen MR) is 84.4 cm³/mol. The zero-order valence-electron chi connectivity index (χ0n) is 12.0. The van der Waals surface area contributed by atoms with Gasteiger partial charge in [-0.3, -0.25) is 4.68 Å². The Morgan fingerprint density at radius 2 is 1.90 bits per heavy atom. The van der Waals surface area contributed by atoms with Crippen molar-refractivity contribution in [3.8, 4) is 0 Å². The second-order valence-electron chi connectivity index (χ2n) is 4.82. The molecule has 108 valence electrons. The van der Waals surface area contributed by atoms with Crippen LogP contribution in [0.1, 0.15) is 36.8 Å². The molecule has 0 aliphatic carbocycles. The monoisotopic (exact) mass is 311 g/mol. The molecule has 1 aromatic carbocycles. The Kier molecular flexibility index (Phi) is 5.08. The van der Waals surface area contributed by atoms with Gasteiger partial charge >= 0.3 is 0 Å². The third-order valence-electron chi connectivity index (χ3n) is 3.40. The van der Waals surface area contributed by atoms with Gasteiger partial charge < -0.3 is 5.32 Å². The Bertz CT molecular complexity index is 576. The van der Waals surface area contributed by atoms with Crippen LogP contribution in [0, 0.1) is 6.92 Å². The first-order chi connectivity index (χ1) is 9.52. The molecule has 1 atom stereocenters. The zero-order valence-corrected chi connectivity index (χ0v) is 13.5. The third kappa shape index (κ3) is 3.35. The minimum Gasteiger partial charge on any atom is -0.305 e. The van der Waals surface area contributed by atoms with Crippen LogP contribution in [-0.2, 0) is 13.1 Å². The van der Waals surface area contributed by atoms with E-state index in [1.165, 1.54) is 5.56 Å². The van der Waals surface area contributed by atoms with Crippen molar-refractivity contribution in [3.05, 3.63) is 51.3 Å². The van der Waals surface area contributed by atoms with E-state index in [0.29, 0.717) is 6.54 Å². The van der Waals surface area contributed by atoms with Gasteiger partial charge in [0, 0.05) is 24.2 Å². The second kappa shape index (κ2) is 6.61. The van der Waals surface area contributed by atoms with Crippen molar-refractivity contribution < 1.29 is 0 Å². The maximum Gasteiger partial charge on any atom is 0.0860 e. The summed E-state index contributed by atoms with van der Waals surface area (Å²) in [4.78, 5) is 0. The molecule has 0 radical (unpaired) electrons. The Morgan fingerprint density at radius 3 is 2.50 bits per heavy atom. The van der Waals surface area contributed by atoms with Gasteiger partial charge in [-0.25, -0.2) is 0 Å². The van der Waals surface area contributed by atoms with Gasteiger partial charge in [-0.2, -0.15) is 5.10 Å². The molecule has 1 N–H and O–H groups in total. The molecule has 2 rings (SSSR count). The molecule has 0 amide bonds. The molecule has 1 heterocycles. The van der Waals surface area contributed by atoms with Crippen LogP contribution in [0.15, 0.2) is 24.3 Å². The highest BCUT2D eigenvalue weighted by atomic mass is 35.5. The molecule has 0 saturated heterocycles. The quantitative estimate of drug-likeness (QED) is 0.888. The lowest BCUT2D eigenvalue weighted by atomic mass is 10.1. The highest BCUT2D eigenvalue weighted by Crippen LogP contribution is 2.22. The maximum atomic E-state index is 6.30. The lowest BCUT2D eigenvalue weighted by Crippen LogP contribution is -2.20. The van der Waals surface area contributed by atoms with E-state index in [9.17, 15) is 0 Å². The number of nitrogens with one attached hydrogen (secondary N) is 1. The number of halogens is 2. The summed E-state index contributed by atoms with van der Waals surface area (Å²) >= 11 is 12.2. The van der Waals surface area contributed by atoms with E-state index in [4.69, 9.17) is 23.2 Å². The van der Waals surface area contributed by atoms with Gasteiger partial charge in [0.25, 0.3) is 0 Å². The number of aromatic nitrogens is 2. The average molecular weight is 312 g/mol. The largest absolute Gasteiger partial charge is 0.305 e. The van der Waals surface area contributed by atoms with Crippen molar-refractivity contribution in [2.75, 3.05) is 0 Å². The molecule has 1 aromatic heterocycles. The first-order valence-corrected chi connectivity index (χ1v) is 7.49. The van der Waals surface area contributed by atoms with E-state index >= 15 is 0 Å². The summed E-state index contributed by atoms with van der Waals surface area (Å²) < 4.78 is 1.94. The minimum atomic E-state index is 0.226. The van der Waals surface area contributed by atoms with Crippen molar-refractivity contribution in [2.45, 2.75) is 39.9 Å². The van der Waals surface area contributed by atoms with Crippen molar-refractivity contribution >= 4 is 23.2 Å². The number of rotatable bonds is 5. The van der Waals surface area contributed by atoms with Crippen molar-refractivity contribution in [3.63, 3.8) is 0 Å². The van der Waals surface area contributed by atoms with Crippen LogP contribution in [0.4, 0.5) is 0 Å². The standard InChI is InChI=1S/C15H19Cl2N3/c1-4-20-14(15(17)11(3)19-20)9-18-10(2)12-5-7-13(16)8-6-12/h5-8,10,18H,4,9H2,1-3H3/t10-/m0/s1. The molecule has 3 nitrogen and oxygen atoms in total. The van der Waals surface area contributed by atoms with Crippen molar-refractivity contribution in [2.24, 2.45) is 0 Å². The Labute approximate surface area is 129 Å². The lowest BCUT2D eigenvalue weighted by Gasteiger charge is -2.15. The van der Waals surface area contributed by atoms with Gasteiger partial charge in [0.2, 0.25) is 0 Å². The van der Waals surface area contributed by atoms with E-state index in [1.54, 1.807) is 0 Å². The molecule has 0 unspecified atom stereocenters. The van der Waals surface area contributed by atoms with Crippen LogP contribution in [0.2, 0.25) is 10.0 Å². The molecule has 0 bridgehead atoms. The van der Waals surface area contributed by atoms with E-state index in [0.717, 1.165) is 28.0 Å². The van der Waals surface area contributed by atoms with E-state index in [-0.39, 0.29) is 6.04 Å². The highest BCUT2D eigenvalue weighted by molar-refractivity contribution is 6.31. The topological polar surface area (TPSA) is 29.9 Å². The predicted octanol–water partition coefficient (Wildman–Crippen LogP) is 4.37. The van der Waals surface area contributed by atoms with Gasteiger partial charge in [-0.15, -0.1) is 0 Å². The first-order valence-electron chi connectivity index (χ1n) is 6.73. The fourth-order valence-corrected chi connectivity index (χ4v) is 2.49. The van der Waals surface area contributed by atoms with Crippen LogP contribution in [0.5, 0.6) is 0 Å². The summed E-state index contributed by atoms with van der Waals surface area (Å²) in [5.41, 5.74) is 3.11. The van der Waals surface area contributed by atoms with E-state index < -0.39 is 0 Å². The number of hydrogen-bond acceptors (Lipinski definition) is 2. The van der Waals surface area contributed by atoms with Gasteiger partial charge in [-0.1, -0.05) is 35.3 Å². The molecule has 20 heavy (non-hydrogen) atoms. The van der Waals surface area contributed by atoms with Gasteiger partial charge in [0.15, 0.2) is 0 Å². The summed E-state index contributed by atoms with van der Waals surface area (Å²) in [6.45, 7) is 7.63. The Balaban J connectivity index is 2.07. The average Bonchev–Trinajstić information content (AvgIpc) is 2.72. The highest BCUT2D eigenvalue weighted by Gasteiger charge is 2.13. The van der Waals surface area contributed by atoms with Crippen molar-refractivity contribution in [1.29, 1.82) is 0 Å². The maximum absolute atomic E-state index is 6.30. The summed E-state index contributed by atoms with van der Waals surface area (Å²) in [6.07, 6.45) is 0. The summed E-state index contributed by atoms with van der Waals surface area (Å²) in [7, 11) is 0. The van der Waals surface area contributed by atoms with Gasteiger partial charge in [0.05, 0.1) is 16.4 Å². The fraction of sp³-hybridized carbons (Fsp3) is 0.400. The molecule has 0 aliphatic rings. The van der Waals surface area contributed by atoms with Crippen LogP contribution in [-0.4, -0.2) is 9.78 Å². The van der Waals surface area contributed by atoms with E-state index in [1.807, 2.05) is 35.9 Å². The molecule has 5 heteroatoms. The number of hydrogen-bond donors (Lipinski definition) is 1. The van der Waals surface area contributed by atoms with Gasteiger partial charge in [0.1, 0.15) is 0 Å². The van der Waals surface area contributed by atoms with Gasteiger partial charge in [-0.05, 0) is 38.5 Å². The molecule has 0 fully saturated rings. The normalized spacial score (nSPS) is 12.7. The van der Waals surface area contributed by atoms with Crippen LogP contribution < -0.4 is 5.32 Å². The van der Waals surface area contributed by atoms with Crippen LogP contribution >= 0.6 is 23.2 Å². The Hall–Kier alpha value is -1.03. The van der Waals surface area contributed by atoms with Crippen molar-refractivity contribution in [1.82, 2.24) is 15.1 Å². The summed E-state index contributed by atoms with van der Waals surface area (Å²) in [5.74, 6) is 0. The first kappa shape index (κ1) is 15.4. The zero-order chi connectivity index (χ0) is 14.7. The molecular formula is C15H19Cl2N3. The fourth-order valence-electron chi connectivity index (χ4n) is 2.16. The molecular weight excluding hydrogens is 293 g/mol. The minimum absolute atomic E-state index is 0.226. The van der Waals surface area contributed by atoms with Crippen LogP contribution in [0.25, 0.3) is 0 Å². The lowest BCUT2D eigenvalue weighted by molar-refractivity contribution is 0.531. The molecule has 0 saturated carbocycles. The number of benzene rings is 1. The number of aryl methyl sites for hydroxylation is 2. The SMILES string of the molecule is CCn1nc(C)c(Cl)c1CN[C@@H](C)c1ccc(Cl)cc1. The molecule has 0 spiro atoms. The smallest absolute Gasteiger partial charge is 0.0860 e. The van der Waals surface area contributed by atoms with E-state index in [2.05, 4.69) is 24.3 Å². The molecule has 2 aromatic rings. The Morgan fingerprint density at radius 1 is 1.25 bits per heavy atom. The molecule has 0 aliphatic heterocycles. The van der Waals surface area contributed by atoms with Crippen LogP contribution in [0.3, 0.4) is 0 Å². The number of nitrogens with zero attached hydrogens (tertiary/aromatic N) is 2. The second-order valence-corrected chi connectivity index (χ2v) is 5.63. The third-order valence-corrected chi connectivity index (χ3v) is 4.14. The summed E-state index contributed by atoms with van der Waals surface area (Å²) in [5, 5.41) is 9.40.